The Bertz CT molecular complexity index is 606. The van der Waals surface area contributed by atoms with Gasteiger partial charge in [0.25, 0.3) is 0 Å². The normalized spacial score (nSPS) is 20.7. The SMILES string of the molecule is CCOC(=O)n1nc(C2CCC(OC(=O)NC(C)(C)C)C2)cc1N. The Kier molecular flexibility index (Phi) is 5.36. The topological polar surface area (TPSA) is 108 Å². The van der Waals surface area contributed by atoms with E-state index in [-0.39, 0.29) is 30.0 Å². The third-order valence-electron chi connectivity index (χ3n) is 3.75. The minimum absolute atomic E-state index is 0.107. The van der Waals surface area contributed by atoms with Crippen molar-refractivity contribution >= 4 is 18.0 Å². The molecule has 8 heteroatoms. The Hall–Kier alpha value is -2.25. The zero-order valence-electron chi connectivity index (χ0n) is 14.7. The summed E-state index contributed by atoms with van der Waals surface area (Å²) in [4.78, 5) is 23.6. The monoisotopic (exact) mass is 338 g/mol. The third-order valence-corrected chi connectivity index (χ3v) is 3.75. The standard InChI is InChI=1S/C16H26N4O4/c1-5-23-15(22)20-13(17)9-12(19-20)10-6-7-11(8-10)24-14(21)18-16(2,3)4/h9-11H,5-8,17H2,1-4H3,(H,18,21). The highest BCUT2D eigenvalue weighted by Gasteiger charge is 2.31. The number of nitrogens with zero attached hydrogens (tertiary/aromatic N) is 2. The number of nitrogens with two attached hydrogens (primary N) is 1. The number of rotatable bonds is 3. The van der Waals surface area contributed by atoms with Crippen LogP contribution in [0.2, 0.25) is 0 Å². The van der Waals surface area contributed by atoms with Gasteiger partial charge in [0.15, 0.2) is 0 Å². The van der Waals surface area contributed by atoms with Crippen LogP contribution >= 0.6 is 0 Å². The quantitative estimate of drug-likeness (QED) is 0.877. The van der Waals surface area contributed by atoms with Crippen molar-refractivity contribution in [3.8, 4) is 0 Å². The van der Waals surface area contributed by atoms with Gasteiger partial charge in [0.2, 0.25) is 0 Å². The van der Waals surface area contributed by atoms with Gasteiger partial charge in [0.05, 0.1) is 12.3 Å². The molecule has 2 unspecified atom stereocenters. The maximum Gasteiger partial charge on any atom is 0.436 e. The van der Waals surface area contributed by atoms with Crippen LogP contribution in [-0.2, 0) is 9.47 Å². The van der Waals surface area contributed by atoms with Gasteiger partial charge in [0.1, 0.15) is 11.9 Å². The second kappa shape index (κ2) is 7.11. The molecule has 1 fully saturated rings. The van der Waals surface area contributed by atoms with Crippen molar-refractivity contribution in [3.05, 3.63) is 11.8 Å². The van der Waals surface area contributed by atoms with Gasteiger partial charge in [-0.2, -0.15) is 5.10 Å². The largest absolute Gasteiger partial charge is 0.448 e. The molecule has 1 aromatic rings. The average Bonchev–Trinajstić information content (AvgIpc) is 3.03. The minimum Gasteiger partial charge on any atom is -0.448 e. The molecule has 24 heavy (non-hydrogen) atoms. The highest BCUT2D eigenvalue weighted by Crippen LogP contribution is 2.36. The molecule has 0 aliphatic heterocycles. The summed E-state index contributed by atoms with van der Waals surface area (Å²) >= 11 is 0. The highest BCUT2D eigenvalue weighted by atomic mass is 16.6. The highest BCUT2D eigenvalue weighted by molar-refractivity contribution is 5.73. The van der Waals surface area contributed by atoms with Crippen molar-refractivity contribution in [1.82, 2.24) is 15.1 Å². The van der Waals surface area contributed by atoms with Crippen molar-refractivity contribution in [2.24, 2.45) is 0 Å². The Morgan fingerprint density at radius 1 is 1.42 bits per heavy atom. The van der Waals surface area contributed by atoms with Gasteiger partial charge in [-0.15, -0.1) is 4.68 Å². The van der Waals surface area contributed by atoms with E-state index in [9.17, 15) is 9.59 Å². The Morgan fingerprint density at radius 3 is 2.75 bits per heavy atom. The number of hydrogen-bond acceptors (Lipinski definition) is 6. The molecule has 1 saturated carbocycles. The lowest BCUT2D eigenvalue weighted by Gasteiger charge is -2.22. The number of anilines is 1. The maximum absolute atomic E-state index is 11.8. The van der Waals surface area contributed by atoms with E-state index in [4.69, 9.17) is 15.2 Å². The molecule has 1 aromatic heterocycles. The molecule has 0 radical (unpaired) electrons. The van der Waals surface area contributed by atoms with Crippen molar-refractivity contribution in [1.29, 1.82) is 0 Å². The molecule has 0 spiro atoms. The van der Waals surface area contributed by atoms with E-state index in [2.05, 4.69) is 10.4 Å². The number of carbonyl (C=O) groups is 2. The van der Waals surface area contributed by atoms with E-state index in [1.165, 1.54) is 0 Å². The molecular formula is C16H26N4O4. The van der Waals surface area contributed by atoms with Crippen molar-refractivity contribution in [3.63, 3.8) is 0 Å². The predicted octanol–water partition coefficient (Wildman–Crippen LogP) is 2.63. The number of hydrogen-bond donors (Lipinski definition) is 2. The molecule has 0 bridgehead atoms. The van der Waals surface area contributed by atoms with Crippen LogP contribution in [0.15, 0.2) is 6.07 Å². The van der Waals surface area contributed by atoms with Gasteiger partial charge < -0.3 is 20.5 Å². The van der Waals surface area contributed by atoms with Crippen LogP contribution in [0.25, 0.3) is 0 Å². The fraction of sp³-hybridized carbons (Fsp3) is 0.688. The first-order valence-electron chi connectivity index (χ1n) is 8.21. The number of nitrogens with one attached hydrogen (secondary N) is 1. The van der Waals surface area contributed by atoms with Gasteiger partial charge in [-0.05, 0) is 47.0 Å². The van der Waals surface area contributed by atoms with Gasteiger partial charge in [0, 0.05) is 17.5 Å². The van der Waals surface area contributed by atoms with Gasteiger partial charge in [-0.3, -0.25) is 0 Å². The summed E-state index contributed by atoms with van der Waals surface area (Å²) in [7, 11) is 0. The van der Waals surface area contributed by atoms with Crippen LogP contribution in [0.3, 0.4) is 0 Å². The maximum atomic E-state index is 11.8. The lowest BCUT2D eigenvalue weighted by molar-refractivity contribution is 0.0936. The summed E-state index contributed by atoms with van der Waals surface area (Å²) < 4.78 is 11.4. The fourth-order valence-corrected chi connectivity index (χ4v) is 2.75. The summed E-state index contributed by atoms with van der Waals surface area (Å²) in [5.41, 5.74) is 6.22. The Balaban J connectivity index is 1.95. The molecular weight excluding hydrogens is 312 g/mol. The number of nitrogen functional groups attached to an aromatic ring is 1. The average molecular weight is 338 g/mol. The summed E-state index contributed by atoms with van der Waals surface area (Å²) in [6.45, 7) is 7.68. The van der Waals surface area contributed by atoms with E-state index >= 15 is 0 Å². The third kappa shape index (κ3) is 4.62. The molecule has 8 nitrogen and oxygen atoms in total. The molecule has 2 atom stereocenters. The predicted molar refractivity (Wildman–Crippen MR) is 88.8 cm³/mol. The first kappa shape index (κ1) is 18.1. The van der Waals surface area contributed by atoms with Crippen molar-refractivity contribution in [2.75, 3.05) is 12.3 Å². The first-order valence-corrected chi connectivity index (χ1v) is 8.21. The fourth-order valence-electron chi connectivity index (χ4n) is 2.75. The summed E-state index contributed by atoms with van der Waals surface area (Å²) in [6.07, 6.45) is 1.09. The molecule has 3 N–H and O–H groups in total. The molecule has 1 aliphatic rings. The second-order valence-corrected chi connectivity index (χ2v) is 7.02. The van der Waals surface area contributed by atoms with Crippen LogP contribution in [0.1, 0.15) is 58.6 Å². The summed E-state index contributed by atoms with van der Waals surface area (Å²) in [5, 5.41) is 7.03. The lowest BCUT2D eigenvalue weighted by Crippen LogP contribution is -2.42. The van der Waals surface area contributed by atoms with Crippen LogP contribution in [0.4, 0.5) is 15.4 Å². The Morgan fingerprint density at radius 2 is 2.12 bits per heavy atom. The zero-order valence-corrected chi connectivity index (χ0v) is 14.7. The van der Waals surface area contributed by atoms with Crippen molar-refractivity contribution in [2.45, 2.75) is 64.5 Å². The summed E-state index contributed by atoms with van der Waals surface area (Å²) in [6, 6.07) is 1.68. The minimum atomic E-state index is -0.586. The van der Waals surface area contributed by atoms with E-state index in [0.717, 1.165) is 23.2 Å². The summed E-state index contributed by atoms with van der Waals surface area (Å²) in [5.74, 6) is 0.355. The smallest absolute Gasteiger partial charge is 0.436 e. The van der Waals surface area contributed by atoms with Crippen LogP contribution < -0.4 is 11.1 Å². The lowest BCUT2D eigenvalue weighted by atomic mass is 10.0. The van der Waals surface area contributed by atoms with Crippen LogP contribution in [-0.4, -0.2) is 40.2 Å². The van der Waals surface area contributed by atoms with Crippen LogP contribution in [0, 0.1) is 0 Å². The zero-order chi connectivity index (χ0) is 17.9. The number of aromatic nitrogens is 2. The number of alkyl carbamates (subject to hydrolysis) is 1. The molecule has 1 heterocycles. The molecule has 134 valence electrons. The molecule has 2 rings (SSSR count). The second-order valence-electron chi connectivity index (χ2n) is 7.02. The van der Waals surface area contributed by atoms with Gasteiger partial charge in [-0.25, -0.2) is 9.59 Å². The Labute approximate surface area is 141 Å². The molecule has 0 saturated heterocycles. The van der Waals surface area contributed by atoms with Gasteiger partial charge in [-0.1, -0.05) is 0 Å². The van der Waals surface area contributed by atoms with Gasteiger partial charge >= 0.3 is 12.2 Å². The van der Waals surface area contributed by atoms with E-state index < -0.39 is 12.2 Å². The van der Waals surface area contributed by atoms with Crippen LogP contribution in [0.5, 0.6) is 0 Å². The van der Waals surface area contributed by atoms with E-state index in [0.29, 0.717) is 6.42 Å². The number of amides is 1. The number of ether oxygens (including phenoxy) is 2. The molecule has 1 amide bonds. The van der Waals surface area contributed by atoms with E-state index in [1.54, 1.807) is 13.0 Å². The van der Waals surface area contributed by atoms with E-state index in [1.807, 2.05) is 20.8 Å². The molecule has 0 aromatic carbocycles. The molecule has 1 aliphatic carbocycles. The van der Waals surface area contributed by atoms with Crippen molar-refractivity contribution < 1.29 is 19.1 Å². The number of carbonyl (C=O) groups excluding carboxylic acids is 2. The first-order chi connectivity index (χ1) is 11.2.